The maximum atomic E-state index is 12.4. The van der Waals surface area contributed by atoms with Crippen molar-refractivity contribution in [1.82, 2.24) is 0 Å². The molecule has 1 N–H and O–H groups in total. The molecule has 0 heterocycles. The van der Waals surface area contributed by atoms with E-state index in [2.05, 4.69) is 5.32 Å². The minimum atomic E-state index is -3.37. The molecule has 0 saturated heterocycles. The van der Waals surface area contributed by atoms with E-state index in [1.165, 1.54) is 7.05 Å². The lowest BCUT2D eigenvalue weighted by atomic mass is 10.1. The zero-order valence-corrected chi connectivity index (χ0v) is 14.4. The van der Waals surface area contributed by atoms with Crippen molar-refractivity contribution in [1.29, 1.82) is 0 Å². The molecule has 1 amide bonds. The SMILES string of the molecule is Cc1cccc(NC(=O)c2cccc(N(C)S(C)(=O)=O)c2)c1C. The van der Waals surface area contributed by atoms with E-state index in [0.29, 0.717) is 11.3 Å². The largest absolute Gasteiger partial charge is 0.322 e. The van der Waals surface area contributed by atoms with Gasteiger partial charge in [-0.15, -0.1) is 0 Å². The third-order valence-corrected chi connectivity index (χ3v) is 5.03. The van der Waals surface area contributed by atoms with Gasteiger partial charge in [0.05, 0.1) is 11.9 Å². The van der Waals surface area contributed by atoms with E-state index in [4.69, 9.17) is 0 Å². The second-order valence-corrected chi connectivity index (χ2v) is 7.50. The third-order valence-electron chi connectivity index (χ3n) is 3.82. The molecule has 0 unspecified atom stereocenters. The first-order valence-corrected chi connectivity index (χ1v) is 8.96. The zero-order valence-electron chi connectivity index (χ0n) is 13.6. The molecular formula is C17H20N2O3S. The van der Waals surface area contributed by atoms with Gasteiger partial charge >= 0.3 is 0 Å². The summed E-state index contributed by atoms with van der Waals surface area (Å²) < 4.78 is 24.4. The van der Waals surface area contributed by atoms with Crippen molar-refractivity contribution in [3.8, 4) is 0 Å². The number of rotatable bonds is 4. The van der Waals surface area contributed by atoms with Crippen LogP contribution < -0.4 is 9.62 Å². The molecule has 2 aromatic rings. The highest BCUT2D eigenvalue weighted by Gasteiger charge is 2.14. The minimum absolute atomic E-state index is 0.276. The predicted molar refractivity (Wildman–Crippen MR) is 93.6 cm³/mol. The number of aryl methyl sites for hydroxylation is 1. The summed E-state index contributed by atoms with van der Waals surface area (Å²) >= 11 is 0. The summed E-state index contributed by atoms with van der Waals surface area (Å²) in [5.74, 6) is -0.276. The van der Waals surface area contributed by atoms with Gasteiger partial charge in [0.25, 0.3) is 5.91 Å². The van der Waals surface area contributed by atoms with E-state index in [0.717, 1.165) is 27.4 Å². The summed E-state index contributed by atoms with van der Waals surface area (Å²) in [4.78, 5) is 12.4. The lowest BCUT2D eigenvalue weighted by Gasteiger charge is -2.17. The van der Waals surface area contributed by atoms with E-state index in [1.54, 1.807) is 24.3 Å². The molecule has 23 heavy (non-hydrogen) atoms. The third kappa shape index (κ3) is 3.90. The number of benzene rings is 2. The van der Waals surface area contributed by atoms with Gasteiger partial charge in [-0.2, -0.15) is 0 Å². The summed E-state index contributed by atoms with van der Waals surface area (Å²) in [5.41, 5.74) is 3.69. The Morgan fingerprint density at radius 1 is 1.09 bits per heavy atom. The van der Waals surface area contributed by atoms with Crippen molar-refractivity contribution < 1.29 is 13.2 Å². The average Bonchev–Trinajstić information content (AvgIpc) is 2.50. The molecule has 0 aliphatic rings. The fraction of sp³-hybridized carbons (Fsp3) is 0.235. The van der Waals surface area contributed by atoms with E-state index >= 15 is 0 Å². The summed E-state index contributed by atoms with van der Waals surface area (Å²) in [6.45, 7) is 3.92. The van der Waals surface area contributed by atoms with Crippen LogP contribution in [-0.4, -0.2) is 27.6 Å². The molecule has 6 heteroatoms. The Morgan fingerprint density at radius 2 is 1.74 bits per heavy atom. The molecule has 0 aromatic heterocycles. The van der Waals surface area contributed by atoms with Crippen LogP contribution in [0.1, 0.15) is 21.5 Å². The average molecular weight is 332 g/mol. The highest BCUT2D eigenvalue weighted by atomic mass is 32.2. The quantitative estimate of drug-likeness (QED) is 0.936. The molecule has 0 spiro atoms. The van der Waals surface area contributed by atoms with Crippen molar-refractivity contribution in [2.24, 2.45) is 0 Å². The molecule has 0 aliphatic carbocycles. The van der Waals surface area contributed by atoms with Crippen molar-refractivity contribution in [2.45, 2.75) is 13.8 Å². The number of carbonyl (C=O) groups is 1. The maximum Gasteiger partial charge on any atom is 0.255 e. The topological polar surface area (TPSA) is 66.5 Å². The Bertz CT molecular complexity index is 845. The Morgan fingerprint density at radius 3 is 2.39 bits per heavy atom. The minimum Gasteiger partial charge on any atom is -0.322 e. The number of hydrogen-bond acceptors (Lipinski definition) is 3. The summed E-state index contributed by atoms with van der Waals surface area (Å²) in [5, 5.41) is 2.87. The second-order valence-electron chi connectivity index (χ2n) is 5.48. The van der Waals surface area contributed by atoms with Gasteiger partial charge < -0.3 is 5.32 Å². The number of sulfonamides is 1. The first-order chi connectivity index (χ1) is 10.7. The van der Waals surface area contributed by atoms with Gasteiger partial charge in [-0.25, -0.2) is 8.42 Å². The molecule has 5 nitrogen and oxygen atoms in total. The van der Waals surface area contributed by atoms with Gasteiger partial charge in [0.2, 0.25) is 10.0 Å². The van der Waals surface area contributed by atoms with Gasteiger partial charge in [-0.3, -0.25) is 9.10 Å². The normalized spacial score (nSPS) is 11.1. The Hall–Kier alpha value is -2.34. The van der Waals surface area contributed by atoms with Crippen molar-refractivity contribution >= 4 is 27.3 Å². The molecule has 0 saturated carbocycles. The van der Waals surface area contributed by atoms with E-state index in [-0.39, 0.29) is 5.91 Å². The summed E-state index contributed by atoms with van der Waals surface area (Å²) in [7, 11) is -1.91. The molecule has 2 rings (SSSR count). The van der Waals surface area contributed by atoms with Crippen LogP contribution in [0, 0.1) is 13.8 Å². The van der Waals surface area contributed by atoms with Crippen LogP contribution in [0.5, 0.6) is 0 Å². The van der Waals surface area contributed by atoms with E-state index in [1.807, 2.05) is 32.0 Å². The van der Waals surface area contributed by atoms with E-state index in [9.17, 15) is 13.2 Å². The van der Waals surface area contributed by atoms with Crippen molar-refractivity contribution in [3.05, 3.63) is 59.2 Å². The number of carbonyl (C=O) groups excluding carboxylic acids is 1. The van der Waals surface area contributed by atoms with Crippen LogP contribution in [0.25, 0.3) is 0 Å². The first kappa shape index (κ1) is 17.0. The summed E-state index contributed by atoms with van der Waals surface area (Å²) in [6, 6.07) is 12.2. The summed E-state index contributed by atoms with van der Waals surface area (Å²) in [6.07, 6.45) is 1.12. The van der Waals surface area contributed by atoms with Gasteiger partial charge in [-0.1, -0.05) is 18.2 Å². The fourth-order valence-corrected chi connectivity index (χ4v) is 2.61. The molecule has 122 valence electrons. The highest BCUT2D eigenvalue weighted by molar-refractivity contribution is 7.92. The molecule has 0 radical (unpaired) electrons. The van der Waals surface area contributed by atoms with Crippen LogP contribution in [0.4, 0.5) is 11.4 Å². The first-order valence-electron chi connectivity index (χ1n) is 7.11. The predicted octanol–water partition coefficient (Wildman–Crippen LogP) is 2.95. The Balaban J connectivity index is 2.29. The van der Waals surface area contributed by atoms with Gasteiger partial charge in [-0.05, 0) is 49.2 Å². The van der Waals surface area contributed by atoms with Crippen LogP contribution in [0.15, 0.2) is 42.5 Å². The molecule has 0 aliphatic heterocycles. The van der Waals surface area contributed by atoms with Crippen molar-refractivity contribution in [3.63, 3.8) is 0 Å². The highest BCUT2D eigenvalue weighted by Crippen LogP contribution is 2.21. The zero-order chi connectivity index (χ0) is 17.2. The molecule has 2 aromatic carbocycles. The maximum absolute atomic E-state index is 12.4. The smallest absolute Gasteiger partial charge is 0.255 e. The molecular weight excluding hydrogens is 312 g/mol. The van der Waals surface area contributed by atoms with Gasteiger partial charge in [0, 0.05) is 18.3 Å². The van der Waals surface area contributed by atoms with Crippen LogP contribution >= 0.6 is 0 Å². The molecule has 0 fully saturated rings. The Kier molecular flexibility index (Phi) is 4.75. The van der Waals surface area contributed by atoms with Gasteiger partial charge in [0.1, 0.15) is 0 Å². The number of amides is 1. The molecule has 0 atom stereocenters. The monoisotopic (exact) mass is 332 g/mol. The number of nitrogens with zero attached hydrogens (tertiary/aromatic N) is 1. The number of hydrogen-bond donors (Lipinski definition) is 1. The Labute approximate surface area is 137 Å². The van der Waals surface area contributed by atoms with Crippen LogP contribution in [0.3, 0.4) is 0 Å². The van der Waals surface area contributed by atoms with E-state index < -0.39 is 10.0 Å². The lowest BCUT2D eigenvalue weighted by Crippen LogP contribution is -2.25. The van der Waals surface area contributed by atoms with Crippen LogP contribution in [-0.2, 0) is 10.0 Å². The number of nitrogens with one attached hydrogen (secondary N) is 1. The van der Waals surface area contributed by atoms with Crippen LogP contribution in [0.2, 0.25) is 0 Å². The lowest BCUT2D eigenvalue weighted by molar-refractivity contribution is 0.102. The van der Waals surface area contributed by atoms with Crippen molar-refractivity contribution in [2.75, 3.05) is 22.9 Å². The van der Waals surface area contributed by atoms with Gasteiger partial charge in [0.15, 0.2) is 0 Å². The molecule has 0 bridgehead atoms. The standard InChI is InChI=1S/C17H20N2O3S/c1-12-7-5-10-16(13(12)2)18-17(20)14-8-6-9-15(11-14)19(3)23(4,21)22/h5-11H,1-4H3,(H,18,20). The second kappa shape index (κ2) is 6.42. The number of anilines is 2. The fourth-order valence-electron chi connectivity index (χ4n) is 2.12.